The zero-order valence-corrected chi connectivity index (χ0v) is 5.55. The molecule has 1 rings (SSSR count). The Kier molecular flexibility index (Phi) is 1.48. The molecule has 1 aromatic heterocycles. The molecule has 1 aromatic rings. The Morgan fingerprint density at radius 2 is 2.33 bits per heavy atom. The maximum Gasteiger partial charge on any atom is 0.167 e. The Labute approximate surface area is 53.5 Å². The highest BCUT2D eigenvalue weighted by atomic mass is 15.2. The van der Waals surface area contributed by atoms with Crippen LogP contribution in [0.25, 0.3) is 0 Å². The van der Waals surface area contributed by atoms with Crippen LogP contribution in [-0.2, 0) is 0 Å². The molecule has 0 aromatic carbocycles. The summed E-state index contributed by atoms with van der Waals surface area (Å²) in [5.74, 6) is 1.48. The molecular formula is C5H10N4. The van der Waals surface area contributed by atoms with E-state index in [-0.39, 0.29) is 6.04 Å². The van der Waals surface area contributed by atoms with Crippen molar-refractivity contribution in [1.82, 2.24) is 15.2 Å². The van der Waals surface area contributed by atoms with Gasteiger partial charge in [0.15, 0.2) is 5.82 Å². The van der Waals surface area contributed by atoms with E-state index < -0.39 is 0 Å². The molecule has 0 bridgehead atoms. The van der Waals surface area contributed by atoms with Gasteiger partial charge in [0.2, 0.25) is 0 Å². The molecule has 4 nitrogen and oxygen atoms in total. The smallest absolute Gasteiger partial charge is 0.167 e. The van der Waals surface area contributed by atoms with Crippen LogP contribution in [-0.4, -0.2) is 15.2 Å². The summed E-state index contributed by atoms with van der Waals surface area (Å²) >= 11 is 0. The number of hydrogen-bond donors (Lipinski definition) is 2. The van der Waals surface area contributed by atoms with Crippen molar-refractivity contribution in [3.63, 3.8) is 0 Å². The van der Waals surface area contributed by atoms with Gasteiger partial charge in [-0.2, -0.15) is 5.10 Å². The van der Waals surface area contributed by atoms with Gasteiger partial charge in [0.1, 0.15) is 5.82 Å². The first-order chi connectivity index (χ1) is 4.20. The number of aromatic nitrogens is 3. The quantitative estimate of drug-likeness (QED) is 0.562. The summed E-state index contributed by atoms with van der Waals surface area (Å²) in [5, 5.41) is 6.56. The van der Waals surface area contributed by atoms with Gasteiger partial charge in [0, 0.05) is 0 Å². The van der Waals surface area contributed by atoms with Crippen molar-refractivity contribution in [2.24, 2.45) is 5.73 Å². The first kappa shape index (κ1) is 6.22. The van der Waals surface area contributed by atoms with Gasteiger partial charge in [0.05, 0.1) is 6.04 Å². The maximum absolute atomic E-state index is 5.48. The lowest BCUT2D eigenvalue weighted by Crippen LogP contribution is -2.06. The molecule has 1 heterocycles. The fourth-order valence-electron chi connectivity index (χ4n) is 0.564. The molecule has 0 aliphatic rings. The molecule has 0 spiro atoms. The fourth-order valence-corrected chi connectivity index (χ4v) is 0.564. The number of rotatable bonds is 1. The van der Waals surface area contributed by atoms with Crippen LogP contribution in [0, 0.1) is 6.92 Å². The second kappa shape index (κ2) is 2.14. The van der Waals surface area contributed by atoms with Crippen molar-refractivity contribution >= 4 is 0 Å². The van der Waals surface area contributed by atoms with Crippen molar-refractivity contribution in [1.29, 1.82) is 0 Å². The summed E-state index contributed by atoms with van der Waals surface area (Å²) in [5.41, 5.74) is 5.48. The van der Waals surface area contributed by atoms with Crippen molar-refractivity contribution in [3.05, 3.63) is 11.6 Å². The number of hydrogen-bond acceptors (Lipinski definition) is 3. The van der Waals surface area contributed by atoms with Gasteiger partial charge >= 0.3 is 0 Å². The minimum Gasteiger partial charge on any atom is -0.321 e. The molecule has 3 N–H and O–H groups in total. The van der Waals surface area contributed by atoms with E-state index >= 15 is 0 Å². The van der Waals surface area contributed by atoms with Crippen molar-refractivity contribution in [2.45, 2.75) is 19.9 Å². The minimum atomic E-state index is -0.0741. The highest BCUT2D eigenvalue weighted by molar-refractivity contribution is 4.91. The van der Waals surface area contributed by atoms with Gasteiger partial charge in [-0.25, -0.2) is 4.98 Å². The predicted octanol–water partition coefficient (Wildman–Crippen LogP) is 0.133. The summed E-state index contributed by atoms with van der Waals surface area (Å²) in [6.45, 7) is 3.70. The van der Waals surface area contributed by atoms with Crippen LogP contribution in [0.2, 0.25) is 0 Å². The summed E-state index contributed by atoms with van der Waals surface area (Å²) in [7, 11) is 0. The van der Waals surface area contributed by atoms with E-state index in [0.717, 1.165) is 5.82 Å². The zero-order chi connectivity index (χ0) is 6.85. The van der Waals surface area contributed by atoms with E-state index in [9.17, 15) is 0 Å². The topological polar surface area (TPSA) is 67.6 Å². The summed E-state index contributed by atoms with van der Waals surface area (Å²) < 4.78 is 0. The van der Waals surface area contributed by atoms with Gasteiger partial charge in [-0.1, -0.05) is 0 Å². The Morgan fingerprint density at radius 3 is 2.56 bits per heavy atom. The lowest BCUT2D eigenvalue weighted by molar-refractivity contribution is 0.745. The molecule has 0 unspecified atom stereocenters. The molecule has 0 saturated heterocycles. The van der Waals surface area contributed by atoms with Crippen LogP contribution in [0.4, 0.5) is 0 Å². The highest BCUT2D eigenvalue weighted by Crippen LogP contribution is 1.99. The van der Waals surface area contributed by atoms with Gasteiger partial charge in [0.25, 0.3) is 0 Å². The van der Waals surface area contributed by atoms with Crippen molar-refractivity contribution < 1.29 is 0 Å². The molecule has 1 atom stereocenters. The molecule has 9 heavy (non-hydrogen) atoms. The predicted molar refractivity (Wildman–Crippen MR) is 33.7 cm³/mol. The van der Waals surface area contributed by atoms with Gasteiger partial charge in [-0.3, -0.25) is 5.10 Å². The monoisotopic (exact) mass is 126 g/mol. The normalized spacial score (nSPS) is 13.7. The standard InChI is InChI=1S/C5H10N4/c1-3(6)5-7-4(2)8-9-5/h3H,6H2,1-2H3,(H,7,8,9)/t3-/m1/s1. The van der Waals surface area contributed by atoms with E-state index in [1.807, 2.05) is 13.8 Å². The molecule has 0 fully saturated rings. The van der Waals surface area contributed by atoms with Crippen LogP contribution in [0.3, 0.4) is 0 Å². The minimum absolute atomic E-state index is 0.0741. The molecule has 0 radical (unpaired) electrons. The highest BCUT2D eigenvalue weighted by Gasteiger charge is 2.02. The summed E-state index contributed by atoms with van der Waals surface area (Å²) in [6.07, 6.45) is 0. The number of aryl methyl sites for hydroxylation is 1. The maximum atomic E-state index is 5.48. The Morgan fingerprint density at radius 1 is 1.67 bits per heavy atom. The SMILES string of the molecule is Cc1nc([C@@H](C)N)n[nH]1. The van der Waals surface area contributed by atoms with E-state index in [0.29, 0.717) is 5.82 Å². The molecule has 4 heteroatoms. The van der Waals surface area contributed by atoms with E-state index in [4.69, 9.17) is 5.73 Å². The Balaban J connectivity index is 2.85. The van der Waals surface area contributed by atoms with Crippen LogP contribution >= 0.6 is 0 Å². The number of nitrogens with one attached hydrogen (secondary N) is 1. The average molecular weight is 126 g/mol. The molecule has 0 aliphatic carbocycles. The van der Waals surface area contributed by atoms with Crippen LogP contribution < -0.4 is 5.73 Å². The van der Waals surface area contributed by atoms with Crippen LogP contribution in [0.15, 0.2) is 0 Å². The second-order valence-corrected chi connectivity index (χ2v) is 2.07. The molecule has 0 aliphatic heterocycles. The van der Waals surface area contributed by atoms with E-state index in [1.165, 1.54) is 0 Å². The Hall–Kier alpha value is -0.900. The molecular weight excluding hydrogens is 116 g/mol. The van der Waals surface area contributed by atoms with Gasteiger partial charge < -0.3 is 5.73 Å². The van der Waals surface area contributed by atoms with Crippen LogP contribution in [0.1, 0.15) is 24.6 Å². The van der Waals surface area contributed by atoms with Crippen molar-refractivity contribution in [3.8, 4) is 0 Å². The molecule has 0 saturated carbocycles. The first-order valence-electron chi connectivity index (χ1n) is 2.84. The van der Waals surface area contributed by atoms with Gasteiger partial charge in [-0.05, 0) is 13.8 Å². The fraction of sp³-hybridized carbons (Fsp3) is 0.600. The number of aromatic amines is 1. The number of nitrogens with two attached hydrogens (primary N) is 1. The van der Waals surface area contributed by atoms with Crippen molar-refractivity contribution in [2.75, 3.05) is 0 Å². The molecule has 0 amide bonds. The lowest BCUT2D eigenvalue weighted by Gasteiger charge is -1.93. The summed E-state index contributed by atoms with van der Waals surface area (Å²) in [4.78, 5) is 4.02. The third-order valence-electron chi connectivity index (χ3n) is 1.02. The lowest BCUT2D eigenvalue weighted by atomic mass is 10.3. The largest absolute Gasteiger partial charge is 0.321 e. The average Bonchev–Trinajstić information content (AvgIpc) is 2.14. The van der Waals surface area contributed by atoms with E-state index in [1.54, 1.807) is 0 Å². The summed E-state index contributed by atoms with van der Waals surface area (Å²) in [6, 6.07) is -0.0741. The molecule has 50 valence electrons. The first-order valence-corrected chi connectivity index (χ1v) is 2.84. The zero-order valence-electron chi connectivity index (χ0n) is 5.55. The number of H-pyrrole nitrogens is 1. The second-order valence-electron chi connectivity index (χ2n) is 2.07. The van der Waals surface area contributed by atoms with Gasteiger partial charge in [-0.15, -0.1) is 0 Å². The Bertz CT molecular complexity index is 191. The third-order valence-corrected chi connectivity index (χ3v) is 1.02. The number of nitrogens with zero attached hydrogens (tertiary/aromatic N) is 2. The van der Waals surface area contributed by atoms with Crippen LogP contribution in [0.5, 0.6) is 0 Å². The third kappa shape index (κ3) is 1.26. The van der Waals surface area contributed by atoms with E-state index in [2.05, 4.69) is 15.2 Å².